The van der Waals surface area contributed by atoms with E-state index in [1.807, 2.05) is 6.26 Å². The van der Waals surface area contributed by atoms with E-state index in [2.05, 4.69) is 37.1 Å². The first kappa shape index (κ1) is 15.1. The molecule has 1 aliphatic heterocycles. The number of fused-ring (bicyclic) bond motifs is 1. The second kappa shape index (κ2) is 6.11. The molecule has 0 aromatic carbocycles. The Bertz CT molecular complexity index is 464. The van der Waals surface area contributed by atoms with Crippen molar-refractivity contribution in [3.05, 3.63) is 23.7 Å². The molecule has 1 saturated carbocycles. The lowest BCUT2D eigenvalue weighted by Crippen LogP contribution is -2.47. The van der Waals surface area contributed by atoms with E-state index in [4.69, 9.17) is 9.15 Å². The lowest BCUT2D eigenvalue weighted by molar-refractivity contribution is -0.0606. The van der Waals surface area contributed by atoms with E-state index in [-0.39, 0.29) is 5.54 Å². The second-order valence-corrected chi connectivity index (χ2v) is 7.40. The summed E-state index contributed by atoms with van der Waals surface area (Å²) in [6, 6.07) is 2.79. The van der Waals surface area contributed by atoms with E-state index in [1.54, 1.807) is 0 Å². The van der Waals surface area contributed by atoms with Crippen molar-refractivity contribution in [2.24, 2.45) is 0 Å². The summed E-state index contributed by atoms with van der Waals surface area (Å²) in [5, 5.41) is 3.50. The van der Waals surface area contributed by atoms with Crippen molar-refractivity contribution in [2.45, 2.75) is 70.8 Å². The van der Waals surface area contributed by atoms with Crippen LogP contribution in [0.4, 0.5) is 0 Å². The minimum Gasteiger partial charge on any atom is -0.468 e. The smallest absolute Gasteiger partial charge is 0.118 e. The highest BCUT2D eigenvalue weighted by atomic mass is 16.5. The Morgan fingerprint density at radius 3 is 3.00 bits per heavy atom. The molecule has 21 heavy (non-hydrogen) atoms. The van der Waals surface area contributed by atoms with Crippen LogP contribution in [0.25, 0.3) is 0 Å². The number of ether oxygens (including phenoxy) is 1. The van der Waals surface area contributed by atoms with Crippen molar-refractivity contribution in [2.75, 3.05) is 13.2 Å². The zero-order valence-electron chi connectivity index (χ0n) is 13.5. The Morgan fingerprint density at radius 1 is 1.33 bits per heavy atom. The fourth-order valence-electron chi connectivity index (χ4n) is 3.37. The molecular formula is C17H28N2O2. The van der Waals surface area contributed by atoms with Crippen LogP contribution in [0.15, 0.2) is 16.7 Å². The average Bonchev–Trinajstić information content (AvgIpc) is 3.04. The third kappa shape index (κ3) is 3.87. The van der Waals surface area contributed by atoms with Gasteiger partial charge >= 0.3 is 0 Å². The van der Waals surface area contributed by atoms with Crippen LogP contribution < -0.4 is 5.32 Å². The average molecular weight is 292 g/mol. The van der Waals surface area contributed by atoms with Crippen LogP contribution in [-0.4, -0.2) is 35.7 Å². The number of morpholine rings is 1. The van der Waals surface area contributed by atoms with Gasteiger partial charge in [-0.15, -0.1) is 0 Å². The molecule has 1 aromatic heterocycles. The van der Waals surface area contributed by atoms with Crippen LogP contribution in [0.2, 0.25) is 0 Å². The summed E-state index contributed by atoms with van der Waals surface area (Å²) >= 11 is 0. The first-order valence-electron chi connectivity index (χ1n) is 8.18. The normalized spacial score (nSPS) is 27.0. The third-order valence-electron chi connectivity index (χ3n) is 4.49. The molecule has 0 spiro atoms. The van der Waals surface area contributed by atoms with E-state index in [9.17, 15) is 0 Å². The van der Waals surface area contributed by atoms with Crippen LogP contribution in [0.5, 0.6) is 0 Å². The Hall–Kier alpha value is -0.840. The van der Waals surface area contributed by atoms with Crippen molar-refractivity contribution in [1.29, 1.82) is 0 Å². The van der Waals surface area contributed by atoms with Gasteiger partial charge in [-0.25, -0.2) is 0 Å². The molecule has 118 valence electrons. The molecule has 4 nitrogen and oxygen atoms in total. The number of nitrogens with one attached hydrogen (secondary N) is 1. The molecule has 2 aliphatic rings. The van der Waals surface area contributed by atoms with Gasteiger partial charge in [-0.2, -0.15) is 0 Å². The number of nitrogens with zero attached hydrogens (tertiary/aromatic N) is 1. The zero-order chi connectivity index (χ0) is 14.9. The molecule has 2 fully saturated rings. The van der Waals surface area contributed by atoms with Gasteiger partial charge in [0.2, 0.25) is 0 Å². The van der Waals surface area contributed by atoms with Crippen LogP contribution >= 0.6 is 0 Å². The molecule has 3 rings (SSSR count). The Morgan fingerprint density at radius 2 is 2.19 bits per heavy atom. The van der Waals surface area contributed by atoms with Gasteiger partial charge in [-0.05, 0) is 46.1 Å². The molecule has 0 amide bonds. The lowest BCUT2D eigenvalue weighted by Gasteiger charge is -2.37. The molecule has 1 N–H and O–H groups in total. The van der Waals surface area contributed by atoms with Crippen molar-refractivity contribution < 1.29 is 9.15 Å². The molecular weight excluding hydrogens is 264 g/mol. The van der Waals surface area contributed by atoms with Crippen LogP contribution in [-0.2, 0) is 17.8 Å². The SMILES string of the molecule is CC(C)(C)NCc1coc(CN2CCOC3CCCC32)c1. The fourth-order valence-corrected chi connectivity index (χ4v) is 3.37. The van der Waals surface area contributed by atoms with Crippen molar-refractivity contribution in [3.8, 4) is 0 Å². The van der Waals surface area contributed by atoms with E-state index >= 15 is 0 Å². The van der Waals surface area contributed by atoms with Crippen molar-refractivity contribution >= 4 is 0 Å². The molecule has 1 aliphatic carbocycles. The van der Waals surface area contributed by atoms with Gasteiger partial charge in [0.25, 0.3) is 0 Å². The molecule has 1 aromatic rings. The summed E-state index contributed by atoms with van der Waals surface area (Å²) in [4.78, 5) is 2.54. The highest BCUT2D eigenvalue weighted by molar-refractivity contribution is 5.13. The largest absolute Gasteiger partial charge is 0.468 e. The fraction of sp³-hybridized carbons (Fsp3) is 0.765. The van der Waals surface area contributed by atoms with Crippen LogP contribution in [0.1, 0.15) is 51.4 Å². The first-order valence-corrected chi connectivity index (χ1v) is 8.18. The van der Waals surface area contributed by atoms with Gasteiger partial charge in [-0.3, -0.25) is 4.90 Å². The molecule has 2 unspecified atom stereocenters. The maximum Gasteiger partial charge on any atom is 0.118 e. The summed E-state index contributed by atoms with van der Waals surface area (Å²) in [6.07, 6.45) is 6.13. The van der Waals surface area contributed by atoms with Crippen LogP contribution in [0, 0.1) is 0 Å². The lowest BCUT2D eigenvalue weighted by atomic mass is 10.1. The van der Waals surface area contributed by atoms with Gasteiger partial charge in [0.1, 0.15) is 5.76 Å². The van der Waals surface area contributed by atoms with E-state index < -0.39 is 0 Å². The molecule has 0 bridgehead atoms. The zero-order valence-corrected chi connectivity index (χ0v) is 13.5. The topological polar surface area (TPSA) is 37.6 Å². The highest BCUT2D eigenvalue weighted by Crippen LogP contribution is 2.30. The maximum absolute atomic E-state index is 5.87. The molecule has 0 radical (unpaired) electrons. The Balaban J connectivity index is 1.56. The summed E-state index contributed by atoms with van der Waals surface area (Å²) in [6.45, 7) is 10.2. The Kier molecular flexibility index (Phi) is 4.38. The standard InChI is InChI=1S/C17H28N2O2/c1-17(2,3)18-10-13-9-14(21-12-13)11-19-7-8-20-16-6-4-5-15(16)19/h9,12,15-16,18H,4-8,10-11H2,1-3H3. The maximum atomic E-state index is 5.87. The number of furan rings is 1. The third-order valence-corrected chi connectivity index (χ3v) is 4.49. The molecule has 2 atom stereocenters. The quantitative estimate of drug-likeness (QED) is 0.926. The summed E-state index contributed by atoms with van der Waals surface area (Å²) < 4.78 is 11.6. The summed E-state index contributed by atoms with van der Waals surface area (Å²) in [7, 11) is 0. The van der Waals surface area contributed by atoms with Gasteiger partial charge in [0.05, 0.1) is 25.5 Å². The van der Waals surface area contributed by atoms with E-state index in [1.165, 1.54) is 24.8 Å². The van der Waals surface area contributed by atoms with Crippen molar-refractivity contribution in [1.82, 2.24) is 10.2 Å². The van der Waals surface area contributed by atoms with Gasteiger partial charge in [0.15, 0.2) is 0 Å². The van der Waals surface area contributed by atoms with Gasteiger partial charge in [0, 0.05) is 30.2 Å². The molecule has 1 saturated heterocycles. The second-order valence-electron chi connectivity index (χ2n) is 7.40. The van der Waals surface area contributed by atoms with E-state index in [0.717, 1.165) is 32.0 Å². The van der Waals surface area contributed by atoms with E-state index in [0.29, 0.717) is 12.1 Å². The first-order chi connectivity index (χ1) is 10.0. The number of hydrogen-bond acceptors (Lipinski definition) is 4. The molecule has 2 heterocycles. The number of hydrogen-bond donors (Lipinski definition) is 1. The summed E-state index contributed by atoms with van der Waals surface area (Å²) in [5.41, 5.74) is 1.37. The number of rotatable bonds is 4. The predicted molar refractivity (Wildman–Crippen MR) is 83.1 cm³/mol. The highest BCUT2D eigenvalue weighted by Gasteiger charge is 2.36. The summed E-state index contributed by atoms with van der Waals surface area (Å²) in [5.74, 6) is 1.08. The van der Waals surface area contributed by atoms with Crippen LogP contribution in [0.3, 0.4) is 0 Å². The minimum absolute atomic E-state index is 0.138. The minimum atomic E-state index is 0.138. The van der Waals surface area contributed by atoms with Gasteiger partial charge in [-0.1, -0.05) is 0 Å². The van der Waals surface area contributed by atoms with Crippen molar-refractivity contribution in [3.63, 3.8) is 0 Å². The Labute approximate surface area is 127 Å². The molecule has 4 heteroatoms. The monoisotopic (exact) mass is 292 g/mol. The van der Waals surface area contributed by atoms with Gasteiger partial charge < -0.3 is 14.5 Å². The predicted octanol–water partition coefficient (Wildman–Crippen LogP) is 2.92.